The van der Waals surface area contributed by atoms with E-state index in [1.165, 1.54) is 0 Å². The fourth-order valence-electron chi connectivity index (χ4n) is 3.63. The summed E-state index contributed by atoms with van der Waals surface area (Å²) >= 11 is 0. The van der Waals surface area contributed by atoms with Gasteiger partial charge in [0.25, 0.3) is 0 Å². The lowest BCUT2D eigenvalue weighted by atomic mass is 9.86. The normalized spacial score (nSPS) is 16.2. The van der Waals surface area contributed by atoms with E-state index in [0.29, 0.717) is 12.2 Å². The van der Waals surface area contributed by atoms with Crippen LogP contribution in [0.4, 0.5) is 0 Å². The number of hydrogen-bond acceptors (Lipinski definition) is 4. The molecule has 3 aromatic rings. The van der Waals surface area contributed by atoms with Crippen LogP contribution in [-0.4, -0.2) is 26.4 Å². The minimum atomic E-state index is 0.0334. The first-order valence-electron chi connectivity index (χ1n) is 9.60. The van der Waals surface area contributed by atoms with Crippen molar-refractivity contribution in [2.45, 2.75) is 26.2 Å². The molecule has 1 unspecified atom stereocenters. The van der Waals surface area contributed by atoms with Gasteiger partial charge in [-0.25, -0.2) is 0 Å². The molecule has 0 aliphatic heterocycles. The Labute approximate surface area is 164 Å². The Balaban J connectivity index is 1.55. The summed E-state index contributed by atoms with van der Waals surface area (Å²) in [5.41, 5.74) is 5.08. The van der Waals surface area contributed by atoms with Crippen molar-refractivity contribution in [2.24, 2.45) is 5.92 Å². The van der Waals surface area contributed by atoms with E-state index in [2.05, 4.69) is 51.8 Å². The first-order chi connectivity index (χ1) is 13.8. The highest BCUT2D eigenvalue weighted by molar-refractivity contribution is 6.00. The summed E-state index contributed by atoms with van der Waals surface area (Å²) < 4.78 is 0. The van der Waals surface area contributed by atoms with Crippen LogP contribution in [0.3, 0.4) is 0 Å². The molecule has 1 atom stereocenters. The van der Waals surface area contributed by atoms with Gasteiger partial charge in [-0.3, -0.25) is 4.79 Å². The number of rotatable bonds is 6. The second-order valence-electron chi connectivity index (χ2n) is 6.99. The number of aromatic amines is 1. The summed E-state index contributed by atoms with van der Waals surface area (Å²) in [5.74, 6) is 0.869. The van der Waals surface area contributed by atoms with Crippen LogP contribution in [0.25, 0.3) is 22.5 Å². The third-order valence-corrected chi connectivity index (χ3v) is 5.07. The van der Waals surface area contributed by atoms with E-state index in [0.717, 1.165) is 40.7 Å². The van der Waals surface area contributed by atoms with Gasteiger partial charge in [-0.2, -0.15) is 5.21 Å². The summed E-state index contributed by atoms with van der Waals surface area (Å²) in [5, 5.41) is 14.4. The average molecular weight is 370 g/mol. The van der Waals surface area contributed by atoms with Gasteiger partial charge in [0, 0.05) is 23.5 Å². The monoisotopic (exact) mass is 370 g/mol. The SMILES string of the molecule is CCCC1C=CC=C(Cc2ccc(-c3ccccc3-c3nn[nH]n3)cc2)C1=O. The van der Waals surface area contributed by atoms with E-state index in [-0.39, 0.29) is 11.7 Å². The van der Waals surface area contributed by atoms with Crippen molar-refractivity contribution in [1.29, 1.82) is 0 Å². The highest BCUT2D eigenvalue weighted by atomic mass is 16.1. The number of tetrazole rings is 1. The standard InChI is InChI=1S/C23H22N4O/c1-2-6-18-7-5-8-19(22(18)28)15-16-11-13-17(14-12-16)20-9-3-4-10-21(20)23-24-26-27-25-23/h3-5,7-14,18H,2,6,15H2,1H3,(H,24,25,26,27). The van der Waals surface area contributed by atoms with E-state index in [4.69, 9.17) is 0 Å². The fraction of sp³-hybridized carbons (Fsp3) is 0.217. The number of Topliss-reactive ketones (excluding diaryl/α,β-unsaturated/α-hetero) is 1. The largest absolute Gasteiger partial charge is 0.294 e. The van der Waals surface area contributed by atoms with Crippen LogP contribution in [0.2, 0.25) is 0 Å². The number of nitrogens with one attached hydrogen (secondary N) is 1. The summed E-state index contributed by atoms with van der Waals surface area (Å²) in [6.45, 7) is 2.12. The molecule has 0 spiro atoms. The van der Waals surface area contributed by atoms with Gasteiger partial charge >= 0.3 is 0 Å². The van der Waals surface area contributed by atoms with Crippen molar-refractivity contribution in [3.63, 3.8) is 0 Å². The van der Waals surface area contributed by atoms with Crippen molar-refractivity contribution in [2.75, 3.05) is 0 Å². The van der Waals surface area contributed by atoms with Gasteiger partial charge in [0.05, 0.1) is 0 Å². The Morgan fingerprint density at radius 1 is 1.04 bits per heavy atom. The smallest absolute Gasteiger partial charge is 0.205 e. The minimum absolute atomic E-state index is 0.0334. The van der Waals surface area contributed by atoms with Gasteiger partial charge in [0.15, 0.2) is 5.78 Å². The van der Waals surface area contributed by atoms with E-state index in [1.807, 2.05) is 42.5 Å². The van der Waals surface area contributed by atoms with Crippen molar-refractivity contribution >= 4 is 5.78 Å². The Kier molecular flexibility index (Phi) is 5.24. The number of H-pyrrole nitrogens is 1. The third-order valence-electron chi connectivity index (χ3n) is 5.07. The van der Waals surface area contributed by atoms with Crippen molar-refractivity contribution in [3.8, 4) is 22.5 Å². The second-order valence-corrected chi connectivity index (χ2v) is 6.99. The molecule has 0 fully saturated rings. The van der Waals surface area contributed by atoms with E-state index >= 15 is 0 Å². The summed E-state index contributed by atoms with van der Waals surface area (Å²) in [6, 6.07) is 16.3. The third kappa shape index (κ3) is 3.69. The molecule has 4 rings (SSSR count). The predicted molar refractivity (Wildman–Crippen MR) is 109 cm³/mol. The Morgan fingerprint density at radius 2 is 1.82 bits per heavy atom. The molecule has 2 aromatic carbocycles. The van der Waals surface area contributed by atoms with Crippen LogP contribution in [0.1, 0.15) is 25.3 Å². The van der Waals surface area contributed by atoms with Gasteiger partial charge in [0.1, 0.15) is 0 Å². The van der Waals surface area contributed by atoms with Crippen molar-refractivity contribution in [3.05, 3.63) is 77.9 Å². The van der Waals surface area contributed by atoms with E-state index in [9.17, 15) is 4.79 Å². The zero-order chi connectivity index (χ0) is 19.3. The number of benzene rings is 2. The number of carbonyl (C=O) groups excluding carboxylic acids is 1. The first kappa shape index (κ1) is 18.0. The van der Waals surface area contributed by atoms with Crippen LogP contribution in [0.15, 0.2) is 72.3 Å². The molecular formula is C23H22N4O. The number of aromatic nitrogens is 4. The van der Waals surface area contributed by atoms with Crippen LogP contribution in [0, 0.1) is 5.92 Å². The zero-order valence-corrected chi connectivity index (χ0v) is 15.8. The minimum Gasteiger partial charge on any atom is -0.294 e. The average Bonchev–Trinajstić information content (AvgIpc) is 3.27. The molecule has 1 aromatic heterocycles. The number of hydrogen-bond donors (Lipinski definition) is 1. The van der Waals surface area contributed by atoms with Crippen LogP contribution >= 0.6 is 0 Å². The predicted octanol–water partition coefficient (Wildman–Crippen LogP) is 4.56. The lowest BCUT2D eigenvalue weighted by molar-refractivity contribution is -0.118. The van der Waals surface area contributed by atoms with Crippen LogP contribution < -0.4 is 0 Å². The molecule has 0 radical (unpaired) electrons. The van der Waals surface area contributed by atoms with Gasteiger partial charge < -0.3 is 0 Å². The van der Waals surface area contributed by atoms with Gasteiger partial charge in [-0.15, -0.1) is 10.2 Å². The lowest BCUT2D eigenvalue weighted by Gasteiger charge is -2.17. The Bertz CT molecular complexity index is 1020. The highest BCUT2D eigenvalue weighted by Gasteiger charge is 2.21. The van der Waals surface area contributed by atoms with Gasteiger partial charge in [-0.1, -0.05) is 80.1 Å². The maximum absolute atomic E-state index is 12.6. The van der Waals surface area contributed by atoms with Crippen LogP contribution in [0.5, 0.6) is 0 Å². The highest BCUT2D eigenvalue weighted by Crippen LogP contribution is 2.30. The molecule has 5 nitrogen and oxygen atoms in total. The molecule has 1 aliphatic rings. The maximum Gasteiger partial charge on any atom is 0.205 e. The van der Waals surface area contributed by atoms with E-state index in [1.54, 1.807) is 0 Å². The Morgan fingerprint density at radius 3 is 2.54 bits per heavy atom. The maximum atomic E-state index is 12.6. The molecule has 1 heterocycles. The molecule has 0 saturated heterocycles. The molecule has 5 heteroatoms. The molecular weight excluding hydrogens is 348 g/mol. The lowest BCUT2D eigenvalue weighted by Crippen LogP contribution is -2.18. The Hall–Kier alpha value is -3.34. The summed E-state index contributed by atoms with van der Waals surface area (Å²) in [7, 11) is 0. The topological polar surface area (TPSA) is 71.5 Å². The molecule has 1 N–H and O–H groups in total. The number of nitrogens with zero attached hydrogens (tertiary/aromatic N) is 3. The van der Waals surface area contributed by atoms with Crippen molar-refractivity contribution < 1.29 is 4.79 Å². The van der Waals surface area contributed by atoms with Gasteiger partial charge in [0.2, 0.25) is 5.82 Å². The molecule has 0 bridgehead atoms. The summed E-state index contributed by atoms with van der Waals surface area (Å²) in [6.07, 6.45) is 8.59. The van der Waals surface area contributed by atoms with E-state index < -0.39 is 0 Å². The quantitative estimate of drug-likeness (QED) is 0.690. The van der Waals surface area contributed by atoms with Crippen LogP contribution in [-0.2, 0) is 11.2 Å². The molecule has 140 valence electrons. The second kappa shape index (κ2) is 8.13. The summed E-state index contributed by atoms with van der Waals surface area (Å²) in [4.78, 5) is 12.6. The zero-order valence-electron chi connectivity index (χ0n) is 15.8. The van der Waals surface area contributed by atoms with Gasteiger partial charge in [-0.05, 0) is 28.3 Å². The van der Waals surface area contributed by atoms with Crippen molar-refractivity contribution in [1.82, 2.24) is 20.6 Å². The number of allylic oxidation sites excluding steroid dienone is 4. The number of carbonyl (C=O) groups is 1. The molecule has 0 amide bonds. The molecule has 28 heavy (non-hydrogen) atoms. The first-order valence-corrected chi connectivity index (χ1v) is 9.60. The molecule has 1 aliphatic carbocycles. The fourth-order valence-corrected chi connectivity index (χ4v) is 3.63. The number of ketones is 1. The molecule has 0 saturated carbocycles.